The summed E-state index contributed by atoms with van der Waals surface area (Å²) >= 11 is 5.86. The first kappa shape index (κ1) is 18.1. The summed E-state index contributed by atoms with van der Waals surface area (Å²) in [5.74, 6) is 0.546. The van der Waals surface area contributed by atoms with Gasteiger partial charge in [-0.15, -0.1) is 0 Å². The van der Waals surface area contributed by atoms with E-state index in [0.717, 1.165) is 19.6 Å². The molecule has 0 aromatic heterocycles. The normalized spacial score (nSPS) is 16.7. The van der Waals surface area contributed by atoms with E-state index in [4.69, 9.17) is 16.3 Å². The maximum absolute atomic E-state index is 12.4. The zero-order chi connectivity index (χ0) is 16.7. The van der Waals surface area contributed by atoms with E-state index in [-0.39, 0.29) is 5.91 Å². The Hall–Kier alpha value is -1.26. The molecule has 0 unspecified atom stereocenters. The average Bonchev–Trinajstić information content (AvgIpc) is 2.78. The van der Waals surface area contributed by atoms with Gasteiger partial charge >= 0.3 is 0 Å². The highest BCUT2D eigenvalue weighted by Gasteiger charge is 2.29. The van der Waals surface area contributed by atoms with Crippen molar-refractivity contribution >= 4 is 17.5 Å². The average molecular weight is 339 g/mol. The molecule has 0 spiro atoms. The van der Waals surface area contributed by atoms with Gasteiger partial charge in [-0.05, 0) is 64.0 Å². The predicted molar refractivity (Wildman–Crippen MR) is 94.1 cm³/mol. The summed E-state index contributed by atoms with van der Waals surface area (Å²) in [4.78, 5) is 14.8. The molecular formula is C18H27ClN2O2. The molecule has 5 heteroatoms. The third kappa shape index (κ3) is 6.04. The zero-order valence-electron chi connectivity index (χ0n) is 14.1. The first-order valence-electron chi connectivity index (χ1n) is 8.42. The Kier molecular flexibility index (Phi) is 6.72. The van der Waals surface area contributed by atoms with Crippen LogP contribution in [0.5, 0.6) is 5.75 Å². The number of amides is 1. The van der Waals surface area contributed by atoms with Gasteiger partial charge in [0.2, 0.25) is 0 Å². The monoisotopic (exact) mass is 338 g/mol. The summed E-state index contributed by atoms with van der Waals surface area (Å²) in [5.41, 5.74) is -0.910. The third-order valence-corrected chi connectivity index (χ3v) is 4.40. The quantitative estimate of drug-likeness (QED) is 0.863. The van der Waals surface area contributed by atoms with Crippen LogP contribution in [0.1, 0.15) is 39.5 Å². The molecule has 1 N–H and O–H groups in total. The van der Waals surface area contributed by atoms with Crippen LogP contribution in [0.25, 0.3) is 0 Å². The van der Waals surface area contributed by atoms with Crippen LogP contribution in [0.3, 0.4) is 0 Å². The maximum Gasteiger partial charge on any atom is 0.263 e. The van der Waals surface area contributed by atoms with Crippen LogP contribution in [0, 0.1) is 0 Å². The number of hydrogen-bond donors (Lipinski definition) is 1. The van der Waals surface area contributed by atoms with Crippen molar-refractivity contribution in [3.05, 3.63) is 29.3 Å². The molecule has 0 atom stereocenters. The van der Waals surface area contributed by atoms with E-state index in [1.54, 1.807) is 38.1 Å². The van der Waals surface area contributed by atoms with Crippen LogP contribution in [0.4, 0.5) is 0 Å². The minimum Gasteiger partial charge on any atom is -0.478 e. The van der Waals surface area contributed by atoms with Gasteiger partial charge in [0.05, 0.1) is 0 Å². The van der Waals surface area contributed by atoms with Crippen LogP contribution in [-0.4, -0.2) is 42.6 Å². The van der Waals surface area contributed by atoms with Gasteiger partial charge < -0.3 is 15.0 Å². The molecule has 1 aromatic carbocycles. The van der Waals surface area contributed by atoms with Gasteiger partial charge in [0, 0.05) is 18.1 Å². The number of hydrogen-bond acceptors (Lipinski definition) is 3. The Bertz CT molecular complexity index is 494. The number of nitrogens with one attached hydrogen (secondary N) is 1. The van der Waals surface area contributed by atoms with E-state index in [2.05, 4.69) is 10.2 Å². The lowest BCUT2D eigenvalue weighted by atomic mass is 10.1. The zero-order valence-corrected chi connectivity index (χ0v) is 14.9. The second-order valence-corrected chi connectivity index (χ2v) is 7.01. The van der Waals surface area contributed by atoms with Crippen LogP contribution in [0.15, 0.2) is 24.3 Å². The first-order chi connectivity index (χ1) is 11.0. The highest BCUT2D eigenvalue weighted by molar-refractivity contribution is 6.30. The van der Waals surface area contributed by atoms with E-state index in [1.165, 1.54) is 25.7 Å². The molecule has 4 nitrogen and oxygen atoms in total. The fourth-order valence-electron chi connectivity index (χ4n) is 2.74. The minimum atomic E-state index is -0.910. The Morgan fingerprint density at radius 3 is 2.39 bits per heavy atom. The molecule has 1 heterocycles. The number of carbonyl (C=O) groups excluding carboxylic acids is 1. The van der Waals surface area contributed by atoms with Gasteiger partial charge in [0.25, 0.3) is 5.91 Å². The highest BCUT2D eigenvalue weighted by Crippen LogP contribution is 2.21. The Morgan fingerprint density at radius 2 is 1.78 bits per heavy atom. The third-order valence-electron chi connectivity index (χ3n) is 4.15. The molecule has 0 bridgehead atoms. The summed E-state index contributed by atoms with van der Waals surface area (Å²) in [6.07, 6.45) is 5.17. The minimum absolute atomic E-state index is 0.0951. The molecule has 1 aliphatic heterocycles. The van der Waals surface area contributed by atoms with Crippen LogP contribution in [0.2, 0.25) is 5.02 Å². The maximum atomic E-state index is 12.4. The summed E-state index contributed by atoms with van der Waals surface area (Å²) in [5, 5.41) is 3.64. The lowest BCUT2D eigenvalue weighted by molar-refractivity contribution is -0.134. The highest BCUT2D eigenvalue weighted by atomic mass is 35.5. The topological polar surface area (TPSA) is 41.6 Å². The molecule has 0 saturated carbocycles. The summed E-state index contributed by atoms with van der Waals surface area (Å²) < 4.78 is 5.80. The lowest BCUT2D eigenvalue weighted by Crippen LogP contribution is -2.48. The number of carbonyl (C=O) groups is 1. The van der Waals surface area contributed by atoms with E-state index < -0.39 is 5.60 Å². The number of benzene rings is 1. The van der Waals surface area contributed by atoms with Gasteiger partial charge in [-0.25, -0.2) is 0 Å². The van der Waals surface area contributed by atoms with Crippen LogP contribution >= 0.6 is 11.6 Å². The summed E-state index contributed by atoms with van der Waals surface area (Å²) in [6, 6.07) is 7.05. The van der Waals surface area contributed by atoms with Crippen molar-refractivity contribution in [3.63, 3.8) is 0 Å². The van der Waals surface area contributed by atoms with Gasteiger partial charge in [-0.2, -0.15) is 0 Å². The smallest absolute Gasteiger partial charge is 0.263 e. The van der Waals surface area contributed by atoms with Crippen molar-refractivity contribution in [1.29, 1.82) is 0 Å². The fourth-order valence-corrected chi connectivity index (χ4v) is 2.87. The van der Waals surface area contributed by atoms with Crippen molar-refractivity contribution in [2.45, 2.75) is 45.1 Å². The van der Waals surface area contributed by atoms with Crippen LogP contribution < -0.4 is 10.1 Å². The van der Waals surface area contributed by atoms with Crippen molar-refractivity contribution in [2.75, 3.05) is 26.2 Å². The molecule has 23 heavy (non-hydrogen) atoms. The molecule has 1 fully saturated rings. The largest absolute Gasteiger partial charge is 0.478 e. The van der Waals surface area contributed by atoms with Crippen molar-refractivity contribution in [2.24, 2.45) is 0 Å². The second kappa shape index (κ2) is 8.55. The molecule has 0 aliphatic carbocycles. The number of halogens is 1. The Labute approximate surface area is 144 Å². The van der Waals surface area contributed by atoms with Crippen molar-refractivity contribution < 1.29 is 9.53 Å². The number of nitrogens with zero attached hydrogens (tertiary/aromatic N) is 1. The van der Waals surface area contributed by atoms with Gasteiger partial charge in [0.1, 0.15) is 5.75 Å². The molecule has 1 saturated heterocycles. The number of ether oxygens (including phenoxy) is 1. The van der Waals surface area contributed by atoms with Gasteiger partial charge in [-0.1, -0.05) is 24.4 Å². The summed E-state index contributed by atoms with van der Waals surface area (Å²) in [6.45, 7) is 7.40. The number of rotatable bonds is 6. The van der Waals surface area contributed by atoms with Crippen molar-refractivity contribution in [1.82, 2.24) is 10.2 Å². The SMILES string of the molecule is CC(C)(Oc1ccc(Cl)cc1)C(=O)NCCN1CCCCCC1. The number of likely N-dealkylation sites (tertiary alicyclic amines) is 1. The van der Waals surface area contributed by atoms with E-state index in [0.29, 0.717) is 17.3 Å². The predicted octanol–water partition coefficient (Wildman–Crippen LogP) is 3.49. The van der Waals surface area contributed by atoms with Crippen molar-refractivity contribution in [3.8, 4) is 5.75 Å². The lowest BCUT2D eigenvalue weighted by Gasteiger charge is -2.26. The summed E-state index contributed by atoms with van der Waals surface area (Å²) in [7, 11) is 0. The van der Waals surface area contributed by atoms with E-state index in [1.807, 2.05) is 0 Å². The molecule has 1 aromatic rings. The standard InChI is InChI=1S/C18H27ClN2O2/c1-18(2,23-16-9-7-15(19)8-10-16)17(22)20-11-14-21-12-5-3-4-6-13-21/h7-10H,3-6,11-14H2,1-2H3,(H,20,22). The molecular weight excluding hydrogens is 312 g/mol. The molecule has 128 valence electrons. The fraction of sp³-hybridized carbons (Fsp3) is 0.611. The molecule has 1 aliphatic rings. The van der Waals surface area contributed by atoms with Crippen LogP contribution in [-0.2, 0) is 4.79 Å². The molecule has 0 radical (unpaired) electrons. The van der Waals surface area contributed by atoms with E-state index in [9.17, 15) is 4.79 Å². The van der Waals surface area contributed by atoms with Gasteiger partial charge in [-0.3, -0.25) is 4.79 Å². The van der Waals surface area contributed by atoms with Gasteiger partial charge in [0.15, 0.2) is 5.60 Å². The Balaban J connectivity index is 1.77. The first-order valence-corrected chi connectivity index (χ1v) is 8.80. The van der Waals surface area contributed by atoms with E-state index >= 15 is 0 Å². The Morgan fingerprint density at radius 1 is 1.17 bits per heavy atom. The molecule has 1 amide bonds. The molecule has 2 rings (SSSR count). The second-order valence-electron chi connectivity index (χ2n) is 6.58.